The zero-order valence-corrected chi connectivity index (χ0v) is 19.2. The second-order valence-corrected chi connectivity index (χ2v) is 9.57. The predicted octanol–water partition coefficient (Wildman–Crippen LogP) is 3.00. The van der Waals surface area contributed by atoms with Crippen LogP contribution in [0.25, 0.3) is 0 Å². The van der Waals surface area contributed by atoms with Crippen molar-refractivity contribution >= 4 is 23.4 Å². The molecule has 32 heavy (non-hydrogen) atoms. The Kier molecular flexibility index (Phi) is 5.94. The number of hydrogen-bond donors (Lipinski definition) is 3. The van der Waals surface area contributed by atoms with Crippen molar-refractivity contribution in [2.75, 3.05) is 42.3 Å². The van der Waals surface area contributed by atoms with Gasteiger partial charge in [-0.25, -0.2) is 15.0 Å². The molecular weight excluding hydrogens is 408 g/mol. The molecule has 9 heteroatoms. The molecule has 0 atom stereocenters. The number of methoxy groups -OCH3 is 1. The minimum atomic E-state index is -0.558. The van der Waals surface area contributed by atoms with Crippen molar-refractivity contribution < 1.29 is 14.6 Å². The van der Waals surface area contributed by atoms with Gasteiger partial charge in [-0.3, -0.25) is 4.79 Å². The van der Waals surface area contributed by atoms with Gasteiger partial charge in [-0.05, 0) is 51.9 Å². The first-order valence-corrected chi connectivity index (χ1v) is 11.1. The largest absolute Gasteiger partial charge is 0.497 e. The van der Waals surface area contributed by atoms with E-state index in [-0.39, 0.29) is 18.2 Å². The van der Waals surface area contributed by atoms with Crippen molar-refractivity contribution in [3.05, 3.63) is 29.7 Å². The van der Waals surface area contributed by atoms with Gasteiger partial charge in [0.2, 0.25) is 0 Å². The number of ether oxygens (including phenoxy) is 1. The van der Waals surface area contributed by atoms with Gasteiger partial charge in [0.05, 0.1) is 25.5 Å². The maximum absolute atomic E-state index is 13.2. The van der Waals surface area contributed by atoms with Crippen LogP contribution in [0.5, 0.6) is 5.75 Å². The fraction of sp³-hybridized carbons (Fsp3) is 0.565. The number of hydrogen-bond acceptors (Lipinski definition) is 8. The lowest BCUT2D eigenvalue weighted by atomic mass is 9.93. The number of anilines is 3. The van der Waals surface area contributed by atoms with Gasteiger partial charge in [-0.1, -0.05) is 0 Å². The first kappa shape index (κ1) is 22.3. The van der Waals surface area contributed by atoms with Gasteiger partial charge in [-0.15, -0.1) is 0 Å². The molecule has 0 aromatic carbocycles. The molecule has 2 aromatic heterocycles. The average molecular weight is 441 g/mol. The number of rotatable bonds is 7. The Bertz CT molecular complexity index is 995. The predicted molar refractivity (Wildman–Crippen MR) is 123 cm³/mol. The number of carbonyl (C=O) groups excluding carboxylic acids is 1. The number of pyridine rings is 1. The van der Waals surface area contributed by atoms with Crippen LogP contribution in [0.2, 0.25) is 0 Å². The van der Waals surface area contributed by atoms with Crippen molar-refractivity contribution in [2.45, 2.75) is 52.0 Å². The van der Waals surface area contributed by atoms with Gasteiger partial charge in [0.1, 0.15) is 17.4 Å². The van der Waals surface area contributed by atoms with Crippen molar-refractivity contribution in [1.82, 2.24) is 15.0 Å². The molecule has 1 aliphatic heterocycles. The van der Waals surface area contributed by atoms with E-state index in [1.54, 1.807) is 19.2 Å². The summed E-state index contributed by atoms with van der Waals surface area (Å²) >= 11 is 0. The molecular formula is C23H32N6O3. The van der Waals surface area contributed by atoms with Crippen molar-refractivity contribution in [2.24, 2.45) is 5.41 Å². The molecule has 1 saturated heterocycles. The number of nitrogens with one attached hydrogen (secondary N) is 2. The molecule has 1 saturated carbocycles. The fourth-order valence-electron chi connectivity index (χ4n) is 4.07. The lowest BCUT2D eigenvalue weighted by Gasteiger charge is -2.34. The number of amides is 1. The van der Waals surface area contributed by atoms with Crippen molar-refractivity contribution in [3.8, 4) is 5.75 Å². The summed E-state index contributed by atoms with van der Waals surface area (Å²) < 4.78 is 5.28. The maximum atomic E-state index is 13.2. The highest BCUT2D eigenvalue weighted by Gasteiger charge is 2.45. The number of aliphatic hydroxyl groups excluding tert-OH is 1. The number of nitrogens with zero attached hydrogens (tertiary/aromatic N) is 4. The lowest BCUT2D eigenvalue weighted by Crippen LogP contribution is -2.38. The Morgan fingerprint density at radius 2 is 1.91 bits per heavy atom. The molecule has 0 bridgehead atoms. The van der Waals surface area contributed by atoms with Crippen molar-refractivity contribution in [3.63, 3.8) is 0 Å². The van der Waals surface area contributed by atoms with E-state index in [4.69, 9.17) is 9.72 Å². The summed E-state index contributed by atoms with van der Waals surface area (Å²) in [5, 5.41) is 15.7. The third-order valence-corrected chi connectivity index (χ3v) is 6.32. The minimum Gasteiger partial charge on any atom is -0.497 e. The molecule has 3 heterocycles. The summed E-state index contributed by atoms with van der Waals surface area (Å²) in [5.41, 5.74) is 0.940. The molecule has 0 radical (unpaired) electrons. The van der Waals surface area contributed by atoms with Crippen LogP contribution in [-0.4, -0.2) is 58.3 Å². The van der Waals surface area contributed by atoms with Crippen LogP contribution in [0.15, 0.2) is 18.3 Å². The number of aromatic nitrogens is 3. The molecule has 9 nitrogen and oxygen atoms in total. The molecule has 2 aliphatic rings. The first-order chi connectivity index (χ1) is 15.2. The average Bonchev–Trinajstić information content (AvgIpc) is 3.52. The Morgan fingerprint density at radius 3 is 2.53 bits per heavy atom. The molecule has 0 unspecified atom stereocenters. The highest BCUT2D eigenvalue weighted by atomic mass is 16.5. The lowest BCUT2D eigenvalue weighted by molar-refractivity contribution is 0.102. The molecule has 4 rings (SSSR count). The Labute approximate surface area is 188 Å². The van der Waals surface area contributed by atoms with E-state index in [1.165, 1.54) is 19.0 Å². The molecule has 172 valence electrons. The summed E-state index contributed by atoms with van der Waals surface area (Å²) in [4.78, 5) is 28.9. The molecule has 2 fully saturated rings. The third kappa shape index (κ3) is 4.93. The zero-order chi connectivity index (χ0) is 22.9. The Morgan fingerprint density at radius 1 is 1.19 bits per heavy atom. The number of aryl methyl sites for hydroxylation is 1. The summed E-state index contributed by atoms with van der Waals surface area (Å²) in [7, 11) is 1.58. The zero-order valence-electron chi connectivity index (χ0n) is 19.2. The van der Waals surface area contributed by atoms with Crippen LogP contribution in [0.4, 0.5) is 17.5 Å². The van der Waals surface area contributed by atoms with Crippen LogP contribution in [-0.2, 0) is 0 Å². The summed E-state index contributed by atoms with van der Waals surface area (Å²) in [6, 6.07) is 3.47. The summed E-state index contributed by atoms with van der Waals surface area (Å²) in [6.45, 7) is 7.23. The monoisotopic (exact) mass is 440 g/mol. The molecule has 2 aromatic rings. The van der Waals surface area contributed by atoms with Gasteiger partial charge in [0, 0.05) is 30.9 Å². The smallest absolute Gasteiger partial charge is 0.279 e. The highest BCUT2D eigenvalue weighted by molar-refractivity contribution is 6.05. The van der Waals surface area contributed by atoms with Gasteiger partial charge >= 0.3 is 0 Å². The molecule has 3 N–H and O–H groups in total. The van der Waals surface area contributed by atoms with E-state index in [0.29, 0.717) is 28.6 Å². The van der Waals surface area contributed by atoms with Crippen LogP contribution in [0.3, 0.4) is 0 Å². The molecule has 1 spiro atoms. The number of piperidine rings is 1. The quantitative estimate of drug-likeness (QED) is 0.602. The minimum absolute atomic E-state index is 0.0562. The van der Waals surface area contributed by atoms with Gasteiger partial charge in [0.15, 0.2) is 11.5 Å². The molecule has 1 amide bonds. The Hall–Kier alpha value is -2.94. The SMILES string of the molecule is COc1cc(C)nc(NC(=O)c2ncc(NC(C)(C)CO)nc2N2CCC3(CC2)CC3)c1. The van der Waals surface area contributed by atoms with E-state index >= 15 is 0 Å². The van der Waals surface area contributed by atoms with E-state index in [9.17, 15) is 9.90 Å². The maximum Gasteiger partial charge on any atom is 0.279 e. The number of carbonyl (C=O) groups is 1. The second-order valence-electron chi connectivity index (χ2n) is 9.57. The van der Waals surface area contributed by atoms with E-state index in [0.717, 1.165) is 31.6 Å². The summed E-state index contributed by atoms with van der Waals surface area (Å²) in [6.07, 6.45) is 6.34. The standard InChI is InChI=1S/C23H32N6O3/c1-15-11-16(32-4)12-17(25-15)27-21(31)19-20(29-9-7-23(5-6-23)8-10-29)26-18(13-24-19)28-22(2,3)14-30/h11-13,30H,5-10,14H2,1-4H3,(H,26,28)(H,25,27,31). The Balaban J connectivity index is 1.62. The van der Waals surface area contributed by atoms with Gasteiger partial charge in [0.25, 0.3) is 5.91 Å². The van der Waals surface area contributed by atoms with Crippen molar-refractivity contribution in [1.29, 1.82) is 0 Å². The number of aliphatic hydroxyl groups is 1. The topological polar surface area (TPSA) is 112 Å². The van der Waals surface area contributed by atoms with Crippen LogP contribution < -0.4 is 20.3 Å². The van der Waals surface area contributed by atoms with Crippen LogP contribution in [0, 0.1) is 12.3 Å². The van der Waals surface area contributed by atoms with E-state index < -0.39 is 5.54 Å². The van der Waals surface area contributed by atoms with Crippen LogP contribution >= 0.6 is 0 Å². The third-order valence-electron chi connectivity index (χ3n) is 6.32. The highest BCUT2D eigenvalue weighted by Crippen LogP contribution is 2.54. The van der Waals surface area contributed by atoms with Crippen LogP contribution in [0.1, 0.15) is 55.7 Å². The van der Waals surface area contributed by atoms with E-state index in [1.807, 2.05) is 20.8 Å². The second kappa shape index (κ2) is 8.54. The fourth-order valence-corrected chi connectivity index (χ4v) is 4.07. The van der Waals surface area contributed by atoms with E-state index in [2.05, 4.69) is 25.5 Å². The summed E-state index contributed by atoms with van der Waals surface area (Å²) in [5.74, 6) is 1.73. The first-order valence-electron chi connectivity index (χ1n) is 11.1. The van der Waals surface area contributed by atoms with Gasteiger partial charge < -0.3 is 25.4 Å². The van der Waals surface area contributed by atoms with Gasteiger partial charge in [-0.2, -0.15) is 0 Å². The molecule has 1 aliphatic carbocycles. The normalized spacial score (nSPS) is 17.2.